The fourth-order valence-electron chi connectivity index (χ4n) is 3.88. The number of hydrogen-bond acceptors (Lipinski definition) is 4. The third-order valence-electron chi connectivity index (χ3n) is 5.35. The maximum Gasteiger partial charge on any atom is 0.358 e. The van der Waals surface area contributed by atoms with Gasteiger partial charge in [0.05, 0.1) is 17.3 Å². The van der Waals surface area contributed by atoms with Crippen molar-refractivity contribution in [3.8, 4) is 5.75 Å². The Kier molecular flexibility index (Phi) is 7.28. The number of benzene rings is 2. The molecule has 32 heavy (non-hydrogen) atoms. The van der Waals surface area contributed by atoms with E-state index in [1.165, 1.54) is 5.57 Å². The van der Waals surface area contributed by atoms with Gasteiger partial charge >= 0.3 is 5.97 Å². The minimum Gasteiger partial charge on any atom is -0.488 e. The molecule has 3 aromatic rings. The number of halogens is 2. The summed E-state index contributed by atoms with van der Waals surface area (Å²) in [6.45, 7) is 2.52. The summed E-state index contributed by atoms with van der Waals surface area (Å²) in [5, 5.41) is 0.293. The van der Waals surface area contributed by atoms with Gasteiger partial charge < -0.3 is 9.47 Å². The van der Waals surface area contributed by atoms with Gasteiger partial charge in [-0.05, 0) is 73.2 Å². The van der Waals surface area contributed by atoms with E-state index in [0.29, 0.717) is 11.6 Å². The lowest BCUT2D eigenvalue weighted by Crippen LogP contribution is -2.09. The molecule has 1 aliphatic carbocycles. The van der Waals surface area contributed by atoms with E-state index in [-0.39, 0.29) is 12.3 Å². The minimum atomic E-state index is -0.506. The van der Waals surface area contributed by atoms with Crippen LogP contribution in [0.25, 0.3) is 11.1 Å². The van der Waals surface area contributed by atoms with Gasteiger partial charge in [-0.15, -0.1) is 0 Å². The Bertz CT molecular complexity index is 1160. The van der Waals surface area contributed by atoms with Gasteiger partial charge in [-0.25, -0.2) is 9.78 Å². The second-order valence-corrected chi connectivity index (χ2v) is 8.80. The van der Waals surface area contributed by atoms with Gasteiger partial charge in [-0.1, -0.05) is 57.9 Å². The van der Waals surface area contributed by atoms with Crippen molar-refractivity contribution >= 4 is 44.6 Å². The third kappa shape index (κ3) is 5.05. The summed E-state index contributed by atoms with van der Waals surface area (Å²) in [6, 6.07) is 19.7. The molecule has 0 saturated heterocycles. The van der Waals surface area contributed by atoms with Crippen molar-refractivity contribution in [2.75, 3.05) is 6.61 Å². The van der Waals surface area contributed by atoms with Crippen molar-refractivity contribution in [3.63, 3.8) is 0 Å². The summed E-state index contributed by atoms with van der Waals surface area (Å²) < 4.78 is 12.3. The van der Waals surface area contributed by atoms with Crippen LogP contribution in [-0.4, -0.2) is 17.6 Å². The maximum atomic E-state index is 12.3. The number of carbonyl (C=O) groups is 1. The van der Waals surface area contributed by atoms with Crippen molar-refractivity contribution in [1.82, 2.24) is 4.98 Å². The Balaban J connectivity index is 1.72. The normalized spacial score (nSPS) is 13.3. The lowest BCUT2D eigenvalue weighted by molar-refractivity contribution is 0.0519. The van der Waals surface area contributed by atoms with Crippen molar-refractivity contribution in [3.05, 3.63) is 92.7 Å². The number of pyridine rings is 1. The van der Waals surface area contributed by atoms with Crippen molar-refractivity contribution in [2.45, 2.75) is 32.8 Å². The molecule has 0 unspecified atom stereocenters. The molecule has 2 aromatic carbocycles. The molecular formula is C26H23BrClNO3. The summed E-state index contributed by atoms with van der Waals surface area (Å²) in [5.74, 6) is 0.319. The monoisotopic (exact) mass is 511 g/mol. The average Bonchev–Trinajstić information content (AvgIpc) is 3.29. The molecule has 0 spiro atoms. The van der Waals surface area contributed by atoms with Crippen molar-refractivity contribution in [1.29, 1.82) is 0 Å². The molecule has 0 saturated carbocycles. The predicted octanol–water partition coefficient (Wildman–Crippen LogP) is 7.35. The summed E-state index contributed by atoms with van der Waals surface area (Å²) in [7, 11) is 0. The predicted molar refractivity (Wildman–Crippen MR) is 131 cm³/mol. The summed E-state index contributed by atoms with van der Waals surface area (Å²) in [5.41, 5.74) is 5.34. The number of nitrogens with zero attached hydrogens (tertiary/aromatic N) is 1. The highest BCUT2D eigenvalue weighted by Gasteiger charge is 2.23. The zero-order chi connectivity index (χ0) is 22.5. The summed E-state index contributed by atoms with van der Waals surface area (Å²) in [6.07, 6.45) is 2.79. The highest BCUT2D eigenvalue weighted by Crippen LogP contribution is 2.43. The molecular weight excluding hydrogens is 490 g/mol. The molecule has 0 radical (unpaired) electrons. The molecule has 164 valence electrons. The van der Waals surface area contributed by atoms with Crippen LogP contribution in [0.15, 0.2) is 65.1 Å². The number of esters is 1. The zero-order valence-electron chi connectivity index (χ0n) is 17.7. The maximum absolute atomic E-state index is 12.3. The van der Waals surface area contributed by atoms with Gasteiger partial charge in [0.15, 0.2) is 5.69 Å². The molecule has 4 rings (SSSR count). The van der Waals surface area contributed by atoms with E-state index in [9.17, 15) is 4.79 Å². The summed E-state index contributed by atoms with van der Waals surface area (Å²) >= 11 is 9.83. The number of carbonyl (C=O) groups excluding carboxylic acids is 1. The molecule has 0 fully saturated rings. The second kappa shape index (κ2) is 10.3. The van der Waals surface area contributed by atoms with Gasteiger partial charge in [0, 0.05) is 10.0 Å². The Hall–Kier alpha value is -2.63. The molecule has 0 N–H and O–H groups in total. The van der Waals surface area contributed by atoms with E-state index in [0.717, 1.165) is 51.9 Å². The van der Waals surface area contributed by atoms with E-state index >= 15 is 0 Å². The van der Waals surface area contributed by atoms with Gasteiger partial charge in [0.1, 0.15) is 12.4 Å². The van der Waals surface area contributed by atoms with Crippen molar-refractivity contribution < 1.29 is 14.3 Å². The van der Waals surface area contributed by atoms with Crippen LogP contribution >= 0.6 is 27.5 Å². The van der Waals surface area contributed by atoms with E-state index in [1.54, 1.807) is 13.0 Å². The van der Waals surface area contributed by atoms with E-state index in [2.05, 4.69) is 27.0 Å². The van der Waals surface area contributed by atoms with Gasteiger partial charge in [-0.3, -0.25) is 0 Å². The van der Waals surface area contributed by atoms with E-state index < -0.39 is 5.97 Å². The molecule has 1 aliphatic rings. The van der Waals surface area contributed by atoms with Crippen LogP contribution < -0.4 is 4.74 Å². The second-order valence-electron chi connectivity index (χ2n) is 7.47. The van der Waals surface area contributed by atoms with Crippen LogP contribution in [0.2, 0.25) is 5.02 Å². The molecule has 4 nitrogen and oxygen atoms in total. The number of ether oxygens (including phenoxy) is 2. The molecule has 0 atom stereocenters. The Morgan fingerprint density at radius 3 is 2.62 bits per heavy atom. The van der Waals surface area contributed by atoms with Crippen LogP contribution in [0.5, 0.6) is 5.75 Å². The Morgan fingerprint density at radius 2 is 1.84 bits per heavy atom. The fraction of sp³-hybridized carbons (Fsp3) is 0.231. The van der Waals surface area contributed by atoms with Gasteiger partial charge in [0.2, 0.25) is 0 Å². The molecule has 6 heteroatoms. The van der Waals surface area contributed by atoms with Gasteiger partial charge in [0.25, 0.3) is 0 Å². The summed E-state index contributed by atoms with van der Waals surface area (Å²) in [4.78, 5) is 16.9. The molecule has 1 heterocycles. The van der Waals surface area contributed by atoms with Crippen LogP contribution in [0.4, 0.5) is 0 Å². The Morgan fingerprint density at radius 1 is 1.06 bits per heavy atom. The first-order valence-corrected chi connectivity index (χ1v) is 11.8. The minimum absolute atomic E-state index is 0.152. The number of allylic oxidation sites excluding steroid dienone is 2. The van der Waals surface area contributed by atoms with Crippen LogP contribution in [-0.2, 0) is 11.3 Å². The van der Waals surface area contributed by atoms with Gasteiger partial charge in [-0.2, -0.15) is 0 Å². The van der Waals surface area contributed by atoms with Crippen LogP contribution in [0.1, 0.15) is 53.5 Å². The number of hydrogen-bond donors (Lipinski definition) is 0. The average molecular weight is 513 g/mol. The zero-order valence-corrected chi connectivity index (χ0v) is 20.1. The first-order chi connectivity index (χ1) is 15.6. The Labute approximate surface area is 201 Å². The van der Waals surface area contributed by atoms with E-state index in [4.69, 9.17) is 21.1 Å². The largest absolute Gasteiger partial charge is 0.488 e. The fourth-order valence-corrected chi connectivity index (χ4v) is 4.42. The molecule has 1 aromatic heterocycles. The lowest BCUT2D eigenvalue weighted by Gasteiger charge is -2.15. The molecule has 0 bridgehead atoms. The van der Waals surface area contributed by atoms with Crippen molar-refractivity contribution in [2.24, 2.45) is 0 Å². The third-order valence-corrected chi connectivity index (χ3v) is 6.14. The SMILES string of the molecule is CCOC(=O)c1nc(C2=C(c3cc(Br)ccc3OCc3ccccc3)CCC2)ccc1Cl. The standard InChI is InChI=1S/C26H23BrClNO3/c1-2-31-26(30)25-22(28)12-13-23(29-25)20-10-6-9-19(20)21-15-18(27)11-14-24(21)32-16-17-7-4-3-5-8-17/h3-5,7-8,11-15H,2,6,9-10,16H2,1H3. The lowest BCUT2D eigenvalue weighted by atomic mass is 9.99. The number of aromatic nitrogens is 1. The molecule has 0 amide bonds. The van der Waals surface area contributed by atoms with Crippen LogP contribution in [0, 0.1) is 0 Å². The number of rotatable bonds is 7. The van der Waals surface area contributed by atoms with Crippen LogP contribution in [0.3, 0.4) is 0 Å². The smallest absolute Gasteiger partial charge is 0.358 e. The highest BCUT2D eigenvalue weighted by molar-refractivity contribution is 9.10. The van der Waals surface area contributed by atoms with E-state index in [1.807, 2.05) is 48.5 Å². The highest BCUT2D eigenvalue weighted by atomic mass is 79.9. The first-order valence-electron chi connectivity index (χ1n) is 10.6. The quantitative estimate of drug-likeness (QED) is 0.311. The topological polar surface area (TPSA) is 48.4 Å². The molecule has 0 aliphatic heterocycles. The first kappa shape index (κ1) is 22.6.